The summed E-state index contributed by atoms with van der Waals surface area (Å²) in [6.07, 6.45) is 0. The Labute approximate surface area is 173 Å². The van der Waals surface area contributed by atoms with Gasteiger partial charge in [-0.25, -0.2) is 4.39 Å². The normalized spacial score (nSPS) is 10.6. The van der Waals surface area contributed by atoms with Crippen LogP contribution < -0.4 is 10.6 Å². The third-order valence-corrected chi connectivity index (χ3v) is 5.90. The first-order valence-electron chi connectivity index (χ1n) is 7.70. The fourth-order valence-electron chi connectivity index (χ4n) is 2.03. The Kier molecular flexibility index (Phi) is 6.89. The minimum absolute atomic E-state index is 0.162. The lowest BCUT2D eigenvalue weighted by atomic mass is 10.2. The lowest BCUT2D eigenvalue weighted by molar-refractivity contribution is -0.118. The van der Waals surface area contributed by atoms with E-state index in [2.05, 4.69) is 20.8 Å². The Morgan fingerprint density at radius 3 is 2.78 bits per heavy atom. The highest BCUT2D eigenvalue weighted by Crippen LogP contribution is 2.28. The van der Waals surface area contributed by atoms with Crippen molar-refractivity contribution in [2.24, 2.45) is 0 Å². The quantitative estimate of drug-likeness (QED) is 0.496. The van der Waals surface area contributed by atoms with Crippen molar-refractivity contribution in [3.05, 3.63) is 63.9 Å². The van der Waals surface area contributed by atoms with Crippen LogP contribution >= 0.6 is 46.3 Å². The summed E-state index contributed by atoms with van der Waals surface area (Å²) in [4.78, 5) is 12.0. The number of hydrogen-bond acceptors (Lipinski definition) is 6. The van der Waals surface area contributed by atoms with Gasteiger partial charge in [-0.2, -0.15) is 0 Å². The van der Waals surface area contributed by atoms with Gasteiger partial charge in [-0.3, -0.25) is 4.79 Å². The molecule has 0 bridgehead atoms. The van der Waals surface area contributed by atoms with Crippen molar-refractivity contribution < 1.29 is 9.18 Å². The van der Waals surface area contributed by atoms with Crippen LogP contribution in [0, 0.1) is 5.82 Å². The Hall–Kier alpha value is -1.87. The van der Waals surface area contributed by atoms with Crippen LogP contribution in [0.5, 0.6) is 0 Å². The van der Waals surface area contributed by atoms with Gasteiger partial charge in [0.25, 0.3) is 0 Å². The van der Waals surface area contributed by atoms with Gasteiger partial charge in [-0.15, -0.1) is 10.2 Å². The zero-order chi connectivity index (χ0) is 19.2. The lowest BCUT2D eigenvalue weighted by Crippen LogP contribution is -2.24. The molecule has 0 saturated carbocycles. The summed E-state index contributed by atoms with van der Waals surface area (Å²) >= 11 is 14.4. The number of rotatable bonds is 7. The number of hydrogen-bond donors (Lipinski definition) is 2. The molecule has 5 nitrogen and oxygen atoms in total. The Balaban J connectivity index is 1.48. The van der Waals surface area contributed by atoms with Crippen LogP contribution in [0.25, 0.3) is 0 Å². The fraction of sp³-hybridized carbons (Fsp3) is 0.118. The molecular weight excluding hydrogens is 430 g/mol. The topological polar surface area (TPSA) is 66.9 Å². The average Bonchev–Trinajstić information content (AvgIpc) is 3.09. The number of nitrogens with zero attached hydrogens (tertiary/aromatic N) is 2. The summed E-state index contributed by atoms with van der Waals surface area (Å²) in [5, 5.41) is 15.1. The number of para-hydroxylation sites is 1. The van der Waals surface area contributed by atoms with Crippen molar-refractivity contribution >= 4 is 63.0 Å². The molecule has 0 aliphatic heterocycles. The van der Waals surface area contributed by atoms with Gasteiger partial charge >= 0.3 is 0 Å². The molecule has 0 aliphatic rings. The fourth-order valence-corrected chi connectivity index (χ4v) is 4.10. The van der Waals surface area contributed by atoms with Crippen LogP contribution in [0.1, 0.15) is 5.56 Å². The Morgan fingerprint density at radius 2 is 2.00 bits per heavy atom. The SMILES string of the molecule is O=C(CSc1nnc(Nc2ccccc2F)s1)NCc1ccc(Cl)cc1Cl. The molecule has 1 amide bonds. The summed E-state index contributed by atoms with van der Waals surface area (Å²) in [7, 11) is 0. The van der Waals surface area contributed by atoms with Crippen LogP contribution in [0.3, 0.4) is 0 Å². The molecule has 0 saturated heterocycles. The van der Waals surface area contributed by atoms with Crippen LogP contribution in [0.4, 0.5) is 15.2 Å². The number of amides is 1. The molecule has 0 radical (unpaired) electrons. The third kappa shape index (κ3) is 5.80. The van der Waals surface area contributed by atoms with Crippen molar-refractivity contribution in [1.29, 1.82) is 0 Å². The summed E-state index contributed by atoms with van der Waals surface area (Å²) in [5.41, 5.74) is 1.11. The van der Waals surface area contributed by atoms with E-state index in [1.165, 1.54) is 29.2 Å². The largest absolute Gasteiger partial charge is 0.351 e. The van der Waals surface area contributed by atoms with E-state index >= 15 is 0 Å². The molecule has 1 aromatic heterocycles. The molecule has 140 valence electrons. The number of carbonyl (C=O) groups excluding carboxylic acids is 1. The van der Waals surface area contributed by atoms with Crippen molar-refractivity contribution in [3.8, 4) is 0 Å². The van der Waals surface area contributed by atoms with Gasteiger partial charge in [0.05, 0.1) is 11.4 Å². The smallest absolute Gasteiger partial charge is 0.230 e. The van der Waals surface area contributed by atoms with E-state index in [-0.39, 0.29) is 17.5 Å². The summed E-state index contributed by atoms with van der Waals surface area (Å²) < 4.78 is 14.2. The van der Waals surface area contributed by atoms with E-state index in [0.717, 1.165) is 5.56 Å². The van der Waals surface area contributed by atoms with Crippen LogP contribution in [0.2, 0.25) is 10.0 Å². The molecule has 10 heteroatoms. The van der Waals surface area contributed by atoms with Gasteiger partial charge in [0.1, 0.15) is 5.82 Å². The van der Waals surface area contributed by atoms with Crippen molar-refractivity contribution in [2.45, 2.75) is 10.9 Å². The number of aromatic nitrogens is 2. The van der Waals surface area contributed by atoms with E-state index in [1.807, 2.05) is 0 Å². The second-order valence-corrected chi connectivity index (χ2v) is 8.32. The molecule has 3 rings (SSSR count). The van der Waals surface area contributed by atoms with Crippen molar-refractivity contribution in [2.75, 3.05) is 11.1 Å². The maximum Gasteiger partial charge on any atom is 0.230 e. The molecule has 2 N–H and O–H groups in total. The molecule has 0 atom stereocenters. The van der Waals surface area contributed by atoms with E-state index in [0.29, 0.717) is 31.7 Å². The predicted molar refractivity (Wildman–Crippen MR) is 109 cm³/mol. The number of carbonyl (C=O) groups is 1. The van der Waals surface area contributed by atoms with E-state index in [9.17, 15) is 9.18 Å². The highest BCUT2D eigenvalue weighted by molar-refractivity contribution is 8.01. The van der Waals surface area contributed by atoms with Crippen LogP contribution in [0.15, 0.2) is 46.8 Å². The van der Waals surface area contributed by atoms with E-state index < -0.39 is 0 Å². The Morgan fingerprint density at radius 1 is 1.19 bits per heavy atom. The van der Waals surface area contributed by atoms with Crippen molar-refractivity contribution in [1.82, 2.24) is 15.5 Å². The minimum atomic E-state index is -0.373. The molecule has 27 heavy (non-hydrogen) atoms. The molecular formula is C17H13Cl2FN4OS2. The first kappa shape index (κ1) is 19.9. The molecule has 2 aromatic carbocycles. The maximum absolute atomic E-state index is 13.6. The molecule has 3 aromatic rings. The highest BCUT2D eigenvalue weighted by atomic mass is 35.5. The first-order chi connectivity index (χ1) is 13.0. The minimum Gasteiger partial charge on any atom is -0.351 e. The highest BCUT2D eigenvalue weighted by Gasteiger charge is 2.10. The number of thioether (sulfide) groups is 1. The van der Waals surface area contributed by atoms with E-state index in [4.69, 9.17) is 23.2 Å². The van der Waals surface area contributed by atoms with Gasteiger partial charge in [0, 0.05) is 16.6 Å². The van der Waals surface area contributed by atoms with Crippen LogP contribution in [-0.2, 0) is 11.3 Å². The molecule has 0 spiro atoms. The second-order valence-electron chi connectivity index (χ2n) is 5.28. The molecule has 0 unspecified atom stereocenters. The van der Waals surface area contributed by atoms with E-state index in [1.54, 1.807) is 36.4 Å². The van der Waals surface area contributed by atoms with Gasteiger partial charge in [0.15, 0.2) is 4.34 Å². The summed E-state index contributed by atoms with van der Waals surface area (Å²) in [5.74, 6) is -0.355. The number of halogens is 3. The van der Waals surface area contributed by atoms with Gasteiger partial charge in [-0.1, -0.05) is 64.5 Å². The summed E-state index contributed by atoms with van der Waals surface area (Å²) in [6, 6.07) is 11.4. The van der Waals surface area contributed by atoms with Gasteiger partial charge in [-0.05, 0) is 29.8 Å². The predicted octanol–water partition coefficient (Wildman–Crippen LogP) is 5.14. The third-order valence-electron chi connectivity index (χ3n) is 3.34. The standard InChI is InChI=1S/C17H13Cl2FN4OS2/c18-11-6-5-10(12(19)7-11)8-21-15(25)9-26-17-24-23-16(27-17)22-14-4-2-1-3-13(14)20/h1-7H,8-9H2,(H,21,25)(H,22,23). The number of benzene rings is 2. The zero-order valence-corrected chi connectivity index (χ0v) is 16.9. The molecule has 0 fully saturated rings. The monoisotopic (exact) mass is 442 g/mol. The first-order valence-corrected chi connectivity index (χ1v) is 10.3. The number of anilines is 2. The maximum atomic E-state index is 13.6. The average molecular weight is 443 g/mol. The molecule has 1 heterocycles. The Bertz CT molecular complexity index is 954. The second kappa shape index (κ2) is 9.36. The molecule has 0 aliphatic carbocycles. The zero-order valence-electron chi connectivity index (χ0n) is 13.7. The number of nitrogens with one attached hydrogen (secondary N) is 2. The van der Waals surface area contributed by atoms with Crippen LogP contribution in [-0.4, -0.2) is 21.9 Å². The van der Waals surface area contributed by atoms with Gasteiger partial charge in [0.2, 0.25) is 11.0 Å². The summed E-state index contributed by atoms with van der Waals surface area (Å²) in [6.45, 7) is 0.311. The van der Waals surface area contributed by atoms with Gasteiger partial charge < -0.3 is 10.6 Å². The lowest BCUT2D eigenvalue weighted by Gasteiger charge is -2.06. The van der Waals surface area contributed by atoms with Crippen molar-refractivity contribution in [3.63, 3.8) is 0 Å².